The highest BCUT2D eigenvalue weighted by molar-refractivity contribution is 7.61. The Hall–Kier alpha value is -1.66. The van der Waals surface area contributed by atoms with E-state index in [0.29, 0.717) is 0 Å². The highest BCUT2D eigenvalue weighted by Crippen LogP contribution is 2.20. The maximum atomic E-state index is 12.2. The predicted octanol–water partition coefficient (Wildman–Crippen LogP) is 2.47. The number of rotatable bonds is 3. The minimum absolute atomic E-state index is 0.778. The third-order valence-electron chi connectivity index (χ3n) is 2.30. The first-order chi connectivity index (χ1) is 7.81. The van der Waals surface area contributed by atoms with E-state index in [2.05, 4.69) is 0 Å². The summed E-state index contributed by atoms with van der Waals surface area (Å²) in [5, 5.41) is 1.67. The molecule has 2 nitrogen and oxygen atoms in total. The first-order valence-electron chi connectivity index (χ1n) is 4.97. The van der Waals surface area contributed by atoms with Crippen molar-refractivity contribution >= 4 is 18.4 Å². The lowest BCUT2D eigenvalue weighted by Gasteiger charge is -1.96. The SMILES string of the molecule is COc1ccc([P+](=O)c2ccccc2)cc1. The van der Waals surface area contributed by atoms with Gasteiger partial charge in [0.05, 0.1) is 7.11 Å². The molecule has 0 fully saturated rings. The Labute approximate surface area is 95.7 Å². The smallest absolute Gasteiger partial charge is 0.415 e. The fraction of sp³-hybridized carbons (Fsp3) is 0.0769. The highest BCUT2D eigenvalue weighted by Gasteiger charge is 2.22. The lowest BCUT2D eigenvalue weighted by molar-refractivity contribution is 0.415. The average molecular weight is 231 g/mol. The van der Waals surface area contributed by atoms with Gasteiger partial charge < -0.3 is 4.74 Å². The molecule has 1 atom stereocenters. The number of benzene rings is 2. The van der Waals surface area contributed by atoms with E-state index in [9.17, 15) is 4.57 Å². The molecule has 0 saturated carbocycles. The summed E-state index contributed by atoms with van der Waals surface area (Å²) in [6.45, 7) is 0. The molecule has 16 heavy (non-hydrogen) atoms. The summed E-state index contributed by atoms with van der Waals surface area (Å²) < 4.78 is 17.2. The summed E-state index contributed by atoms with van der Waals surface area (Å²) in [6.07, 6.45) is 0. The summed E-state index contributed by atoms with van der Waals surface area (Å²) in [7, 11) is 0.124. The molecule has 0 aliphatic carbocycles. The third-order valence-corrected chi connectivity index (χ3v) is 3.83. The summed E-state index contributed by atoms with van der Waals surface area (Å²) in [6, 6.07) is 16.8. The van der Waals surface area contributed by atoms with Crippen molar-refractivity contribution < 1.29 is 9.30 Å². The van der Waals surface area contributed by atoms with Gasteiger partial charge in [-0.1, -0.05) is 22.8 Å². The van der Waals surface area contributed by atoms with E-state index in [-0.39, 0.29) is 0 Å². The van der Waals surface area contributed by atoms with Crippen LogP contribution in [-0.2, 0) is 4.57 Å². The van der Waals surface area contributed by atoms with Gasteiger partial charge in [-0.05, 0) is 36.4 Å². The minimum atomic E-state index is -1.49. The van der Waals surface area contributed by atoms with Gasteiger partial charge in [-0.3, -0.25) is 0 Å². The van der Waals surface area contributed by atoms with Crippen molar-refractivity contribution in [3.8, 4) is 5.75 Å². The van der Waals surface area contributed by atoms with Crippen molar-refractivity contribution in [2.75, 3.05) is 7.11 Å². The summed E-state index contributed by atoms with van der Waals surface area (Å²) in [4.78, 5) is 0. The molecular weight excluding hydrogens is 219 g/mol. The maximum Gasteiger partial charge on any atom is 0.415 e. The zero-order valence-corrected chi connectivity index (χ0v) is 9.85. The standard InChI is InChI=1S/C13H12O2P/c1-15-11-7-9-13(10-8-11)16(14)12-5-3-2-4-6-12/h2-10H,1H3/q+1. The van der Waals surface area contributed by atoms with Gasteiger partial charge in [0.25, 0.3) is 0 Å². The fourth-order valence-electron chi connectivity index (χ4n) is 1.43. The maximum absolute atomic E-state index is 12.2. The monoisotopic (exact) mass is 231 g/mol. The Morgan fingerprint density at radius 1 is 0.875 bits per heavy atom. The number of methoxy groups -OCH3 is 1. The van der Waals surface area contributed by atoms with Crippen molar-refractivity contribution in [1.82, 2.24) is 0 Å². The molecule has 0 radical (unpaired) electrons. The van der Waals surface area contributed by atoms with Crippen molar-refractivity contribution in [2.45, 2.75) is 0 Å². The molecule has 0 N–H and O–H groups in total. The van der Waals surface area contributed by atoms with Crippen LogP contribution in [0.2, 0.25) is 0 Å². The van der Waals surface area contributed by atoms with E-state index in [1.807, 2.05) is 54.6 Å². The third kappa shape index (κ3) is 2.29. The van der Waals surface area contributed by atoms with Crippen LogP contribution in [0, 0.1) is 0 Å². The van der Waals surface area contributed by atoms with Gasteiger partial charge in [0.2, 0.25) is 0 Å². The minimum Gasteiger partial charge on any atom is -0.497 e. The second-order valence-corrected chi connectivity index (χ2v) is 4.95. The van der Waals surface area contributed by atoms with Crippen LogP contribution in [0.1, 0.15) is 0 Å². The quantitative estimate of drug-likeness (QED) is 0.758. The summed E-state index contributed by atoms with van der Waals surface area (Å²) in [5.74, 6) is 0.778. The van der Waals surface area contributed by atoms with Crippen molar-refractivity contribution in [3.63, 3.8) is 0 Å². The van der Waals surface area contributed by atoms with E-state index in [0.717, 1.165) is 16.4 Å². The molecule has 0 heterocycles. The first kappa shape index (κ1) is 10.8. The van der Waals surface area contributed by atoms with Crippen LogP contribution in [0.5, 0.6) is 5.75 Å². The van der Waals surface area contributed by atoms with E-state index in [1.54, 1.807) is 7.11 Å². The lowest BCUT2D eigenvalue weighted by Crippen LogP contribution is -2.05. The van der Waals surface area contributed by atoms with E-state index in [4.69, 9.17) is 4.74 Å². The van der Waals surface area contributed by atoms with Crippen LogP contribution in [0.4, 0.5) is 0 Å². The summed E-state index contributed by atoms with van der Waals surface area (Å²) in [5.41, 5.74) is 0. The van der Waals surface area contributed by atoms with Crippen LogP contribution in [-0.4, -0.2) is 7.11 Å². The molecule has 0 aliphatic heterocycles. The zero-order valence-electron chi connectivity index (χ0n) is 8.96. The Kier molecular flexibility index (Phi) is 3.33. The highest BCUT2D eigenvalue weighted by atomic mass is 31.1. The number of ether oxygens (including phenoxy) is 1. The molecule has 0 amide bonds. The average Bonchev–Trinajstić information content (AvgIpc) is 2.39. The molecule has 2 rings (SSSR count). The van der Waals surface area contributed by atoms with Gasteiger partial charge in [0.1, 0.15) is 5.75 Å². The lowest BCUT2D eigenvalue weighted by atomic mass is 10.3. The summed E-state index contributed by atoms with van der Waals surface area (Å²) >= 11 is 0. The zero-order chi connectivity index (χ0) is 11.4. The molecule has 0 aromatic heterocycles. The Balaban J connectivity index is 2.28. The molecular formula is C13H12O2P+. The van der Waals surface area contributed by atoms with Gasteiger partial charge in [-0.2, -0.15) is 0 Å². The van der Waals surface area contributed by atoms with E-state index < -0.39 is 7.80 Å². The normalized spacial score (nSPS) is 10.9. The molecule has 3 heteroatoms. The molecule has 80 valence electrons. The van der Waals surface area contributed by atoms with Crippen LogP contribution in [0.15, 0.2) is 54.6 Å². The molecule has 2 aromatic rings. The molecule has 0 bridgehead atoms. The second-order valence-electron chi connectivity index (χ2n) is 3.33. The van der Waals surface area contributed by atoms with Gasteiger partial charge in [0.15, 0.2) is 10.6 Å². The van der Waals surface area contributed by atoms with Gasteiger partial charge >= 0.3 is 7.80 Å². The predicted molar refractivity (Wildman–Crippen MR) is 66.3 cm³/mol. The van der Waals surface area contributed by atoms with Crippen molar-refractivity contribution in [2.24, 2.45) is 0 Å². The van der Waals surface area contributed by atoms with Crippen LogP contribution in [0.3, 0.4) is 0 Å². The number of hydrogen-bond acceptors (Lipinski definition) is 2. The van der Waals surface area contributed by atoms with Gasteiger partial charge in [-0.25, -0.2) is 0 Å². The van der Waals surface area contributed by atoms with Gasteiger partial charge in [0, 0.05) is 0 Å². The Bertz CT molecular complexity index is 477. The van der Waals surface area contributed by atoms with Crippen LogP contribution in [0.25, 0.3) is 0 Å². The first-order valence-corrected chi connectivity index (χ1v) is 6.23. The van der Waals surface area contributed by atoms with Crippen LogP contribution >= 0.6 is 7.80 Å². The Morgan fingerprint density at radius 2 is 1.44 bits per heavy atom. The van der Waals surface area contributed by atoms with E-state index in [1.165, 1.54) is 0 Å². The van der Waals surface area contributed by atoms with Crippen LogP contribution < -0.4 is 15.3 Å². The second kappa shape index (κ2) is 4.91. The number of hydrogen-bond donors (Lipinski definition) is 0. The molecule has 1 unspecified atom stereocenters. The Morgan fingerprint density at radius 3 is 2.00 bits per heavy atom. The van der Waals surface area contributed by atoms with Gasteiger partial charge in [-0.15, -0.1) is 0 Å². The fourth-order valence-corrected chi connectivity index (χ4v) is 2.59. The molecule has 0 saturated heterocycles. The largest absolute Gasteiger partial charge is 0.497 e. The topological polar surface area (TPSA) is 26.3 Å². The molecule has 0 aliphatic rings. The van der Waals surface area contributed by atoms with E-state index >= 15 is 0 Å². The van der Waals surface area contributed by atoms with Crippen molar-refractivity contribution in [3.05, 3.63) is 54.6 Å². The molecule has 0 spiro atoms. The van der Waals surface area contributed by atoms with Crippen molar-refractivity contribution in [1.29, 1.82) is 0 Å². The molecule has 2 aromatic carbocycles.